The highest BCUT2D eigenvalue weighted by Crippen LogP contribution is 2.31. The highest BCUT2D eigenvalue weighted by Gasteiger charge is 2.19. The van der Waals surface area contributed by atoms with E-state index in [1.165, 1.54) is 40.5 Å². The van der Waals surface area contributed by atoms with Crippen molar-refractivity contribution in [2.45, 2.75) is 0 Å². The van der Waals surface area contributed by atoms with Crippen LogP contribution >= 0.6 is 0 Å². The molecule has 0 aliphatic rings. The minimum Gasteiger partial charge on any atom is -0.497 e. The lowest BCUT2D eigenvalue weighted by atomic mass is 10.1. The fraction of sp³-hybridized carbons (Fsp3) is 0.278. The monoisotopic (exact) mass is 394 g/mol. The quantitative estimate of drug-likeness (QED) is 0.775. The highest BCUT2D eigenvalue weighted by molar-refractivity contribution is 7.92. The van der Waals surface area contributed by atoms with Crippen LogP contribution in [-0.2, 0) is 10.0 Å². The molecule has 1 amide bonds. The van der Waals surface area contributed by atoms with Crippen LogP contribution in [0, 0.1) is 0 Å². The van der Waals surface area contributed by atoms with Gasteiger partial charge in [0.25, 0.3) is 5.91 Å². The number of rotatable bonds is 7. The Hall–Kier alpha value is -2.94. The van der Waals surface area contributed by atoms with Crippen LogP contribution < -0.4 is 23.8 Å². The van der Waals surface area contributed by atoms with Crippen LogP contribution in [0.15, 0.2) is 36.4 Å². The van der Waals surface area contributed by atoms with Crippen LogP contribution in [0.4, 0.5) is 11.4 Å². The number of nitrogens with zero attached hydrogens (tertiary/aromatic N) is 1. The molecule has 0 heterocycles. The van der Waals surface area contributed by atoms with E-state index in [2.05, 4.69) is 5.32 Å². The lowest BCUT2D eigenvalue weighted by Crippen LogP contribution is -2.25. The zero-order chi connectivity index (χ0) is 20.2. The number of hydrogen-bond acceptors (Lipinski definition) is 6. The number of carbonyl (C=O) groups excluding carboxylic acids is 1. The summed E-state index contributed by atoms with van der Waals surface area (Å²) in [5.41, 5.74) is 0.959. The molecule has 9 heteroatoms. The van der Waals surface area contributed by atoms with E-state index in [-0.39, 0.29) is 5.56 Å². The number of nitrogens with one attached hydrogen (secondary N) is 1. The first-order chi connectivity index (χ1) is 12.7. The third-order valence-electron chi connectivity index (χ3n) is 3.95. The average molecular weight is 394 g/mol. The molecule has 2 aromatic carbocycles. The summed E-state index contributed by atoms with van der Waals surface area (Å²) in [7, 11) is 2.38. The molecule has 0 unspecified atom stereocenters. The zero-order valence-corrected chi connectivity index (χ0v) is 16.6. The summed E-state index contributed by atoms with van der Waals surface area (Å²) < 4.78 is 40.3. The Morgan fingerprint density at radius 3 is 2.19 bits per heavy atom. The number of methoxy groups -OCH3 is 3. The first-order valence-electron chi connectivity index (χ1n) is 7.86. The van der Waals surface area contributed by atoms with Gasteiger partial charge in [-0.2, -0.15) is 0 Å². The Labute approximate surface area is 158 Å². The summed E-state index contributed by atoms with van der Waals surface area (Å²) in [6.45, 7) is 0. The van der Waals surface area contributed by atoms with E-state index in [1.807, 2.05) is 0 Å². The smallest absolute Gasteiger partial charge is 0.259 e. The molecule has 1 N–H and O–H groups in total. The normalized spacial score (nSPS) is 10.9. The molecule has 0 bridgehead atoms. The van der Waals surface area contributed by atoms with Crippen molar-refractivity contribution in [3.05, 3.63) is 42.0 Å². The van der Waals surface area contributed by atoms with Crippen molar-refractivity contribution in [1.82, 2.24) is 0 Å². The van der Waals surface area contributed by atoms with Gasteiger partial charge < -0.3 is 19.5 Å². The van der Waals surface area contributed by atoms with Gasteiger partial charge in [0.15, 0.2) is 0 Å². The van der Waals surface area contributed by atoms with Gasteiger partial charge in [-0.1, -0.05) is 0 Å². The van der Waals surface area contributed by atoms with E-state index in [1.54, 1.807) is 24.3 Å². The van der Waals surface area contributed by atoms with Crippen molar-refractivity contribution in [3.63, 3.8) is 0 Å². The Morgan fingerprint density at radius 1 is 0.963 bits per heavy atom. The van der Waals surface area contributed by atoms with E-state index in [0.717, 1.165) is 10.6 Å². The van der Waals surface area contributed by atoms with Crippen LogP contribution in [0.2, 0.25) is 0 Å². The Kier molecular flexibility index (Phi) is 6.17. The third-order valence-corrected chi connectivity index (χ3v) is 5.15. The van der Waals surface area contributed by atoms with Gasteiger partial charge in [-0.3, -0.25) is 9.10 Å². The van der Waals surface area contributed by atoms with Crippen LogP contribution in [0.5, 0.6) is 17.2 Å². The van der Waals surface area contributed by atoms with Gasteiger partial charge >= 0.3 is 0 Å². The molecule has 0 fully saturated rings. The number of hydrogen-bond donors (Lipinski definition) is 1. The van der Waals surface area contributed by atoms with Gasteiger partial charge in [-0.05, 0) is 30.3 Å². The molecule has 2 rings (SSSR count). The second kappa shape index (κ2) is 8.17. The lowest BCUT2D eigenvalue weighted by Gasteiger charge is -2.19. The summed E-state index contributed by atoms with van der Waals surface area (Å²) in [5, 5.41) is 2.74. The standard InChI is InChI=1S/C18H22N2O6S/c1-20(27(5,22)23)12-6-9-16(25-3)14(10-12)18(21)19-15-8-7-13(24-2)11-17(15)26-4/h6-11H,1-5H3,(H,19,21). The zero-order valence-electron chi connectivity index (χ0n) is 15.8. The Balaban J connectivity index is 2.40. The molecular weight excluding hydrogens is 372 g/mol. The predicted octanol–water partition coefficient (Wildman–Crippen LogP) is 2.36. The van der Waals surface area contributed by atoms with Gasteiger partial charge in [0.05, 0.1) is 44.5 Å². The lowest BCUT2D eigenvalue weighted by molar-refractivity contribution is 0.102. The molecule has 0 atom stereocenters. The van der Waals surface area contributed by atoms with Gasteiger partial charge in [-0.15, -0.1) is 0 Å². The molecule has 0 spiro atoms. The van der Waals surface area contributed by atoms with Crippen molar-refractivity contribution in [2.24, 2.45) is 0 Å². The molecule has 2 aromatic rings. The maximum atomic E-state index is 12.8. The van der Waals surface area contributed by atoms with Crippen LogP contribution in [0.3, 0.4) is 0 Å². The summed E-state index contributed by atoms with van der Waals surface area (Å²) in [5.74, 6) is 0.843. The molecule has 146 valence electrons. The predicted molar refractivity (Wildman–Crippen MR) is 104 cm³/mol. The average Bonchev–Trinajstić information content (AvgIpc) is 2.66. The summed E-state index contributed by atoms with van der Waals surface area (Å²) in [4.78, 5) is 12.8. The van der Waals surface area contributed by atoms with Gasteiger partial charge in [-0.25, -0.2) is 8.42 Å². The van der Waals surface area contributed by atoms with Gasteiger partial charge in [0.2, 0.25) is 10.0 Å². The molecule has 0 aromatic heterocycles. The summed E-state index contributed by atoms with van der Waals surface area (Å²) in [6.07, 6.45) is 1.08. The molecule has 0 saturated carbocycles. The third kappa shape index (κ3) is 4.62. The van der Waals surface area contributed by atoms with Crippen molar-refractivity contribution in [2.75, 3.05) is 44.3 Å². The molecule has 8 nitrogen and oxygen atoms in total. The molecule has 27 heavy (non-hydrogen) atoms. The number of amides is 1. The highest BCUT2D eigenvalue weighted by atomic mass is 32.2. The Bertz CT molecular complexity index is 943. The SMILES string of the molecule is COc1ccc(NC(=O)c2cc(N(C)S(C)(=O)=O)ccc2OC)c(OC)c1. The van der Waals surface area contributed by atoms with E-state index in [4.69, 9.17) is 14.2 Å². The molecule has 0 saturated heterocycles. The van der Waals surface area contributed by atoms with E-state index in [0.29, 0.717) is 28.6 Å². The van der Waals surface area contributed by atoms with E-state index in [9.17, 15) is 13.2 Å². The van der Waals surface area contributed by atoms with Gasteiger partial charge in [0, 0.05) is 13.1 Å². The maximum absolute atomic E-state index is 12.8. The van der Waals surface area contributed by atoms with Gasteiger partial charge in [0.1, 0.15) is 17.2 Å². The van der Waals surface area contributed by atoms with Crippen LogP contribution in [0.1, 0.15) is 10.4 Å². The maximum Gasteiger partial charge on any atom is 0.259 e. The summed E-state index contributed by atoms with van der Waals surface area (Å²) >= 11 is 0. The van der Waals surface area contributed by atoms with Crippen molar-refractivity contribution in [3.8, 4) is 17.2 Å². The minimum absolute atomic E-state index is 0.184. The molecule has 0 radical (unpaired) electrons. The van der Waals surface area contributed by atoms with Crippen LogP contribution in [-0.4, -0.2) is 49.0 Å². The Morgan fingerprint density at radius 2 is 1.63 bits per heavy atom. The first-order valence-corrected chi connectivity index (χ1v) is 9.71. The largest absolute Gasteiger partial charge is 0.497 e. The number of sulfonamides is 1. The minimum atomic E-state index is -3.47. The number of ether oxygens (including phenoxy) is 3. The number of benzene rings is 2. The molecular formula is C18H22N2O6S. The van der Waals surface area contributed by atoms with Crippen molar-refractivity contribution >= 4 is 27.3 Å². The molecule has 0 aliphatic carbocycles. The number of carbonyl (C=O) groups is 1. The van der Waals surface area contributed by atoms with E-state index < -0.39 is 15.9 Å². The fourth-order valence-corrected chi connectivity index (χ4v) is 2.85. The van der Waals surface area contributed by atoms with Crippen molar-refractivity contribution < 1.29 is 27.4 Å². The fourth-order valence-electron chi connectivity index (χ4n) is 2.35. The first kappa shape index (κ1) is 20.4. The summed E-state index contributed by atoms with van der Waals surface area (Å²) in [6, 6.07) is 9.52. The number of anilines is 2. The van der Waals surface area contributed by atoms with Crippen molar-refractivity contribution in [1.29, 1.82) is 0 Å². The second-order valence-electron chi connectivity index (χ2n) is 5.64. The second-order valence-corrected chi connectivity index (χ2v) is 7.65. The van der Waals surface area contributed by atoms with E-state index >= 15 is 0 Å². The topological polar surface area (TPSA) is 94.2 Å². The van der Waals surface area contributed by atoms with Crippen LogP contribution in [0.25, 0.3) is 0 Å². The molecule has 0 aliphatic heterocycles.